The number of halogens is 3. The van der Waals surface area contributed by atoms with Gasteiger partial charge in [0.25, 0.3) is 6.43 Å². The number of nitrogens with two attached hydrogens (primary N) is 1. The van der Waals surface area contributed by atoms with E-state index in [0.29, 0.717) is 40.9 Å². The summed E-state index contributed by atoms with van der Waals surface area (Å²) in [6.45, 7) is 2.46. The number of pyridine rings is 1. The maximum Gasteiger partial charge on any atom is 0.282 e. The normalized spacial score (nSPS) is 14.9. The van der Waals surface area contributed by atoms with Crippen molar-refractivity contribution in [3.63, 3.8) is 0 Å². The molecule has 188 valence electrons. The number of aromatic nitrogens is 6. The molecule has 0 radical (unpaired) electrons. The molecule has 3 N–H and O–H groups in total. The number of anilines is 1. The van der Waals surface area contributed by atoms with Crippen LogP contribution in [-0.2, 0) is 13.0 Å². The van der Waals surface area contributed by atoms with Crippen LogP contribution in [0.15, 0.2) is 42.4 Å². The van der Waals surface area contributed by atoms with E-state index >= 15 is 0 Å². The summed E-state index contributed by atoms with van der Waals surface area (Å²) < 4.78 is 47.5. The van der Waals surface area contributed by atoms with Crippen LogP contribution < -0.4 is 10.5 Å². The first-order valence-electron chi connectivity index (χ1n) is 11.5. The first-order valence-corrected chi connectivity index (χ1v) is 11.5. The van der Waals surface area contributed by atoms with Crippen LogP contribution in [0.3, 0.4) is 0 Å². The Kier molecular flexibility index (Phi) is 7.73. The molecule has 3 aromatic rings. The van der Waals surface area contributed by atoms with Crippen LogP contribution >= 0.6 is 0 Å². The second-order valence-corrected chi connectivity index (χ2v) is 8.67. The summed E-state index contributed by atoms with van der Waals surface area (Å²) >= 11 is 0. The lowest BCUT2D eigenvalue weighted by molar-refractivity contribution is 0.146. The summed E-state index contributed by atoms with van der Waals surface area (Å²) in [5, 5.41) is 14.9. The summed E-state index contributed by atoms with van der Waals surface area (Å²) in [6, 6.07) is 3.05. The summed E-state index contributed by atoms with van der Waals surface area (Å²) in [5.41, 5.74) is 8.17. The van der Waals surface area contributed by atoms with Gasteiger partial charge in [-0.25, -0.2) is 22.8 Å². The van der Waals surface area contributed by atoms with Crippen LogP contribution in [0.25, 0.3) is 11.3 Å². The first-order chi connectivity index (χ1) is 17.3. The van der Waals surface area contributed by atoms with Crippen molar-refractivity contribution in [1.29, 1.82) is 0 Å². The minimum Gasteiger partial charge on any atom is -0.487 e. The molecule has 0 amide bonds. The lowest BCUT2D eigenvalue weighted by Gasteiger charge is -2.16. The molecule has 3 aromatic heterocycles. The number of terminal acetylenes is 1. The quantitative estimate of drug-likeness (QED) is 0.292. The number of nitrogens with zero attached hydrogens (tertiary/aromatic N) is 5. The SMILES string of the molecule is C#C/C=C\C(F)=C/CC(C)Oc1cc(-c2c(Cc3cc(C(F)F)n[nH]3)nnn2CC2CC2)cnc1N. The van der Waals surface area contributed by atoms with E-state index in [-0.39, 0.29) is 24.4 Å². The average molecular weight is 498 g/mol. The van der Waals surface area contributed by atoms with Gasteiger partial charge in [-0.2, -0.15) is 5.10 Å². The lowest BCUT2D eigenvalue weighted by atomic mass is 10.1. The number of hydrogen-bond acceptors (Lipinski definition) is 6. The van der Waals surface area contributed by atoms with E-state index in [0.717, 1.165) is 12.8 Å². The Morgan fingerprint density at radius 1 is 1.39 bits per heavy atom. The largest absolute Gasteiger partial charge is 0.487 e. The van der Waals surface area contributed by atoms with Crippen LogP contribution in [0.4, 0.5) is 19.0 Å². The van der Waals surface area contributed by atoms with Gasteiger partial charge < -0.3 is 10.5 Å². The predicted octanol–water partition coefficient (Wildman–Crippen LogP) is 4.78. The Hall–Kier alpha value is -4.07. The number of H-pyrrole nitrogens is 1. The average Bonchev–Trinajstić information content (AvgIpc) is 3.39. The molecule has 0 aliphatic heterocycles. The van der Waals surface area contributed by atoms with E-state index < -0.39 is 18.4 Å². The molecule has 1 unspecified atom stereocenters. The summed E-state index contributed by atoms with van der Waals surface area (Å²) in [6.07, 6.45) is 10.2. The van der Waals surface area contributed by atoms with Crippen molar-refractivity contribution in [3.8, 4) is 29.4 Å². The van der Waals surface area contributed by atoms with Gasteiger partial charge in [0, 0.05) is 36.8 Å². The minimum absolute atomic E-state index is 0.181. The number of aromatic amines is 1. The van der Waals surface area contributed by atoms with Crippen molar-refractivity contribution in [3.05, 3.63) is 59.5 Å². The molecular formula is C25H26F3N7O. The Balaban J connectivity index is 1.59. The second-order valence-electron chi connectivity index (χ2n) is 8.67. The Labute approximate surface area is 206 Å². The highest BCUT2D eigenvalue weighted by atomic mass is 19.3. The van der Waals surface area contributed by atoms with Gasteiger partial charge in [-0.15, -0.1) is 11.5 Å². The third kappa shape index (κ3) is 6.33. The predicted molar refractivity (Wildman–Crippen MR) is 129 cm³/mol. The Morgan fingerprint density at radius 2 is 2.19 bits per heavy atom. The van der Waals surface area contributed by atoms with Gasteiger partial charge in [0.05, 0.1) is 17.5 Å². The van der Waals surface area contributed by atoms with Crippen LogP contribution in [-0.4, -0.2) is 36.3 Å². The van der Waals surface area contributed by atoms with Crippen LogP contribution in [0.5, 0.6) is 5.75 Å². The van der Waals surface area contributed by atoms with E-state index in [1.807, 2.05) is 0 Å². The number of nitrogens with one attached hydrogen (secondary N) is 1. The molecule has 11 heteroatoms. The van der Waals surface area contributed by atoms with Crippen molar-refractivity contribution in [1.82, 2.24) is 30.2 Å². The van der Waals surface area contributed by atoms with Gasteiger partial charge in [0.2, 0.25) is 0 Å². The standard InChI is InChI=1S/C25H26F3N7O/c1-3-4-5-18(26)9-6-15(2)36-22-10-17(13-30-25(22)29)23-20(33-34-35(23)14-16-7-8-16)11-19-12-21(24(27)28)32-31-19/h1,4-5,9-10,12-13,15-16,24H,6-8,11,14H2,2H3,(H2,29,30)(H,31,32)/b5-4-,18-9+. The van der Waals surface area contributed by atoms with Crippen molar-refractivity contribution in [2.45, 2.75) is 51.7 Å². The van der Waals surface area contributed by atoms with E-state index in [4.69, 9.17) is 16.9 Å². The van der Waals surface area contributed by atoms with E-state index in [1.165, 1.54) is 24.3 Å². The number of allylic oxidation sites excluding steroid dienone is 3. The maximum absolute atomic E-state index is 13.8. The molecular weight excluding hydrogens is 471 g/mol. The van der Waals surface area contributed by atoms with Gasteiger partial charge in [0.15, 0.2) is 11.6 Å². The van der Waals surface area contributed by atoms with Crippen molar-refractivity contribution in [2.24, 2.45) is 5.92 Å². The molecule has 4 rings (SSSR count). The highest BCUT2D eigenvalue weighted by Gasteiger charge is 2.26. The topological polar surface area (TPSA) is 108 Å². The van der Waals surface area contributed by atoms with Gasteiger partial charge in [-0.3, -0.25) is 5.10 Å². The molecule has 1 saturated carbocycles. The van der Waals surface area contributed by atoms with Gasteiger partial charge in [-0.05, 0) is 56.0 Å². The third-order valence-electron chi connectivity index (χ3n) is 5.63. The first kappa shape index (κ1) is 25.0. The number of alkyl halides is 2. The number of nitrogen functional groups attached to an aromatic ring is 1. The molecule has 3 heterocycles. The van der Waals surface area contributed by atoms with Crippen LogP contribution in [0.1, 0.15) is 49.7 Å². The minimum atomic E-state index is -2.67. The fourth-order valence-electron chi connectivity index (χ4n) is 3.64. The molecule has 8 nitrogen and oxygen atoms in total. The molecule has 36 heavy (non-hydrogen) atoms. The third-order valence-corrected chi connectivity index (χ3v) is 5.63. The van der Waals surface area contributed by atoms with E-state index in [1.54, 1.807) is 23.9 Å². The number of hydrogen-bond donors (Lipinski definition) is 2. The van der Waals surface area contributed by atoms with Gasteiger partial charge in [-0.1, -0.05) is 11.1 Å². The van der Waals surface area contributed by atoms with Crippen LogP contribution in [0.2, 0.25) is 0 Å². The highest BCUT2D eigenvalue weighted by molar-refractivity contribution is 5.66. The van der Waals surface area contributed by atoms with Crippen molar-refractivity contribution in [2.75, 3.05) is 5.73 Å². The fraction of sp³-hybridized carbons (Fsp3) is 0.360. The summed E-state index contributed by atoms with van der Waals surface area (Å²) in [4.78, 5) is 4.28. The molecule has 1 aliphatic rings. The molecule has 0 saturated heterocycles. The molecule has 1 fully saturated rings. The molecule has 0 aromatic carbocycles. The van der Waals surface area contributed by atoms with E-state index in [9.17, 15) is 13.2 Å². The van der Waals surface area contributed by atoms with Crippen molar-refractivity contribution < 1.29 is 17.9 Å². The second kappa shape index (κ2) is 11.1. The van der Waals surface area contributed by atoms with Gasteiger partial charge in [0.1, 0.15) is 11.5 Å². The molecule has 1 atom stereocenters. The molecule has 1 aliphatic carbocycles. The monoisotopic (exact) mass is 497 g/mol. The van der Waals surface area contributed by atoms with Gasteiger partial charge >= 0.3 is 0 Å². The number of ether oxygens (including phenoxy) is 1. The smallest absolute Gasteiger partial charge is 0.282 e. The maximum atomic E-state index is 13.8. The van der Waals surface area contributed by atoms with Crippen molar-refractivity contribution >= 4 is 5.82 Å². The Bertz CT molecular complexity index is 1300. The summed E-state index contributed by atoms with van der Waals surface area (Å²) in [5.74, 6) is 2.80. The highest BCUT2D eigenvalue weighted by Crippen LogP contribution is 2.35. The van der Waals surface area contributed by atoms with Crippen LogP contribution in [0, 0.1) is 18.3 Å². The zero-order chi connectivity index (χ0) is 25.7. The Morgan fingerprint density at radius 3 is 2.89 bits per heavy atom. The lowest BCUT2D eigenvalue weighted by Crippen LogP contribution is -2.13. The zero-order valence-electron chi connectivity index (χ0n) is 19.7. The zero-order valence-corrected chi connectivity index (χ0v) is 19.7. The number of rotatable bonds is 11. The fourth-order valence-corrected chi connectivity index (χ4v) is 3.64. The van der Waals surface area contributed by atoms with E-state index in [2.05, 4.69) is 31.4 Å². The summed E-state index contributed by atoms with van der Waals surface area (Å²) in [7, 11) is 0. The molecule has 0 spiro atoms. The molecule has 0 bridgehead atoms.